The number of hydrogen-bond acceptors (Lipinski definition) is 7. The van der Waals surface area contributed by atoms with Gasteiger partial charge in [-0.1, -0.05) is 5.16 Å². The summed E-state index contributed by atoms with van der Waals surface area (Å²) >= 11 is 0. The first-order valence-corrected chi connectivity index (χ1v) is 8.94. The second kappa shape index (κ2) is 7.63. The molecule has 8 nitrogen and oxygen atoms in total. The van der Waals surface area contributed by atoms with E-state index < -0.39 is 0 Å². The Balaban J connectivity index is 1.54. The van der Waals surface area contributed by atoms with E-state index in [0.717, 1.165) is 31.5 Å². The van der Waals surface area contributed by atoms with Gasteiger partial charge < -0.3 is 15.2 Å². The van der Waals surface area contributed by atoms with Crippen molar-refractivity contribution < 1.29 is 9.32 Å². The predicted octanol–water partition coefficient (Wildman–Crippen LogP) is 2.44. The van der Waals surface area contributed by atoms with Gasteiger partial charge in [-0.15, -0.1) is 0 Å². The van der Waals surface area contributed by atoms with Gasteiger partial charge in [-0.25, -0.2) is 0 Å². The Morgan fingerprint density at radius 2 is 2.04 bits per heavy atom. The summed E-state index contributed by atoms with van der Waals surface area (Å²) < 4.78 is 5.04. The van der Waals surface area contributed by atoms with Crippen LogP contribution in [0.4, 0.5) is 5.69 Å². The third-order valence-corrected chi connectivity index (χ3v) is 4.50. The Morgan fingerprint density at radius 3 is 2.78 bits per heavy atom. The molecular weight excluding hydrogens is 344 g/mol. The molecular formula is C19H20N6O2. The Kier molecular flexibility index (Phi) is 4.88. The summed E-state index contributed by atoms with van der Waals surface area (Å²) in [6.07, 6.45) is 5.27. The standard InChI is InChI=1S/C19H20N6O2/c1-12-23-18(25-27-12)13-4-7-21-16(9-13)17-10-15(5-8-22-17)24-19(26)14-3-2-6-20-11-14/h4-5,7-10,14,20H,2-3,6,11H2,1H3,(H,22,24,26). The number of carbonyl (C=O) groups is 1. The van der Waals surface area contributed by atoms with Crippen LogP contribution < -0.4 is 10.6 Å². The number of amides is 1. The van der Waals surface area contributed by atoms with Crippen molar-refractivity contribution in [3.63, 3.8) is 0 Å². The monoisotopic (exact) mass is 364 g/mol. The van der Waals surface area contributed by atoms with E-state index in [1.165, 1.54) is 0 Å². The second-order valence-electron chi connectivity index (χ2n) is 6.53. The Labute approximate surface area is 156 Å². The topological polar surface area (TPSA) is 106 Å². The molecule has 3 aromatic heterocycles. The normalized spacial score (nSPS) is 16.9. The number of pyridine rings is 2. The van der Waals surface area contributed by atoms with Crippen LogP contribution in [0.5, 0.6) is 0 Å². The lowest BCUT2D eigenvalue weighted by atomic mass is 9.99. The molecule has 2 N–H and O–H groups in total. The highest BCUT2D eigenvalue weighted by Crippen LogP contribution is 2.23. The molecule has 0 saturated carbocycles. The predicted molar refractivity (Wildman–Crippen MR) is 99.7 cm³/mol. The highest BCUT2D eigenvalue weighted by Gasteiger charge is 2.21. The largest absolute Gasteiger partial charge is 0.339 e. The molecule has 0 bridgehead atoms. The number of nitrogens with zero attached hydrogens (tertiary/aromatic N) is 4. The van der Waals surface area contributed by atoms with Crippen LogP contribution in [0.25, 0.3) is 22.8 Å². The van der Waals surface area contributed by atoms with E-state index in [-0.39, 0.29) is 11.8 Å². The van der Waals surface area contributed by atoms with E-state index >= 15 is 0 Å². The van der Waals surface area contributed by atoms with Crippen LogP contribution in [0.2, 0.25) is 0 Å². The van der Waals surface area contributed by atoms with Gasteiger partial charge in [0.1, 0.15) is 0 Å². The third-order valence-electron chi connectivity index (χ3n) is 4.50. The molecule has 4 heterocycles. The van der Waals surface area contributed by atoms with E-state index in [9.17, 15) is 4.79 Å². The van der Waals surface area contributed by atoms with Gasteiger partial charge >= 0.3 is 0 Å². The molecule has 4 rings (SSSR count). The lowest BCUT2D eigenvalue weighted by molar-refractivity contribution is -0.120. The molecule has 27 heavy (non-hydrogen) atoms. The van der Waals surface area contributed by atoms with Gasteiger partial charge in [0.05, 0.1) is 17.3 Å². The van der Waals surface area contributed by atoms with Gasteiger partial charge in [0, 0.05) is 37.1 Å². The van der Waals surface area contributed by atoms with Gasteiger partial charge in [0.15, 0.2) is 0 Å². The smallest absolute Gasteiger partial charge is 0.228 e. The van der Waals surface area contributed by atoms with Crippen LogP contribution in [-0.2, 0) is 4.79 Å². The van der Waals surface area contributed by atoms with Gasteiger partial charge in [0.25, 0.3) is 0 Å². The zero-order valence-electron chi connectivity index (χ0n) is 15.0. The molecule has 1 unspecified atom stereocenters. The summed E-state index contributed by atoms with van der Waals surface area (Å²) in [4.78, 5) is 25.4. The highest BCUT2D eigenvalue weighted by molar-refractivity contribution is 5.93. The average molecular weight is 364 g/mol. The molecule has 138 valence electrons. The van der Waals surface area contributed by atoms with Crippen LogP contribution in [-0.4, -0.2) is 39.1 Å². The molecule has 1 saturated heterocycles. The third kappa shape index (κ3) is 4.01. The molecule has 0 aromatic carbocycles. The van der Waals surface area contributed by atoms with Crippen LogP contribution in [0.15, 0.2) is 41.2 Å². The molecule has 1 amide bonds. The van der Waals surface area contributed by atoms with Gasteiger partial charge in [-0.05, 0) is 43.7 Å². The van der Waals surface area contributed by atoms with E-state index in [0.29, 0.717) is 28.8 Å². The maximum absolute atomic E-state index is 12.4. The second-order valence-corrected chi connectivity index (χ2v) is 6.53. The first kappa shape index (κ1) is 17.3. The summed E-state index contributed by atoms with van der Waals surface area (Å²) in [6.45, 7) is 3.44. The molecule has 1 aliphatic heterocycles. The van der Waals surface area contributed by atoms with Crippen molar-refractivity contribution >= 4 is 11.6 Å². The van der Waals surface area contributed by atoms with Gasteiger partial charge in [0.2, 0.25) is 17.6 Å². The van der Waals surface area contributed by atoms with Crippen molar-refractivity contribution in [1.29, 1.82) is 0 Å². The number of anilines is 1. The van der Waals surface area contributed by atoms with Crippen LogP contribution in [0.1, 0.15) is 18.7 Å². The zero-order chi connectivity index (χ0) is 18.6. The fourth-order valence-electron chi connectivity index (χ4n) is 3.09. The van der Waals surface area contributed by atoms with Crippen molar-refractivity contribution in [1.82, 2.24) is 25.4 Å². The Morgan fingerprint density at radius 1 is 1.22 bits per heavy atom. The number of carbonyl (C=O) groups excluding carboxylic acids is 1. The Hall–Kier alpha value is -3.13. The molecule has 0 spiro atoms. The Bertz CT molecular complexity index is 949. The summed E-state index contributed by atoms with van der Waals surface area (Å²) in [5.41, 5.74) is 2.83. The number of nitrogens with one attached hydrogen (secondary N) is 2. The fourth-order valence-corrected chi connectivity index (χ4v) is 3.09. The highest BCUT2D eigenvalue weighted by atomic mass is 16.5. The van der Waals surface area contributed by atoms with E-state index in [4.69, 9.17) is 4.52 Å². The zero-order valence-corrected chi connectivity index (χ0v) is 15.0. The van der Waals surface area contributed by atoms with Crippen LogP contribution in [0.3, 0.4) is 0 Å². The molecule has 3 aromatic rings. The summed E-state index contributed by atoms with van der Waals surface area (Å²) in [5, 5.41) is 10.2. The lowest BCUT2D eigenvalue weighted by Crippen LogP contribution is -2.37. The van der Waals surface area contributed by atoms with E-state index in [1.54, 1.807) is 25.4 Å². The number of aryl methyl sites for hydroxylation is 1. The van der Waals surface area contributed by atoms with Gasteiger partial charge in [-0.2, -0.15) is 4.98 Å². The van der Waals surface area contributed by atoms with E-state index in [2.05, 4.69) is 30.7 Å². The van der Waals surface area contributed by atoms with Crippen molar-refractivity contribution in [2.24, 2.45) is 5.92 Å². The van der Waals surface area contributed by atoms with Crippen molar-refractivity contribution in [3.05, 3.63) is 42.5 Å². The molecule has 0 radical (unpaired) electrons. The maximum Gasteiger partial charge on any atom is 0.228 e. The maximum atomic E-state index is 12.4. The van der Waals surface area contributed by atoms with Crippen molar-refractivity contribution in [2.75, 3.05) is 18.4 Å². The first-order chi connectivity index (χ1) is 13.2. The average Bonchev–Trinajstić information content (AvgIpc) is 3.15. The van der Waals surface area contributed by atoms with Gasteiger partial charge in [-0.3, -0.25) is 14.8 Å². The number of hydrogen-bond donors (Lipinski definition) is 2. The summed E-state index contributed by atoms with van der Waals surface area (Å²) in [7, 11) is 0. The summed E-state index contributed by atoms with van der Waals surface area (Å²) in [6, 6.07) is 7.27. The first-order valence-electron chi connectivity index (χ1n) is 8.94. The number of aromatic nitrogens is 4. The fraction of sp³-hybridized carbons (Fsp3) is 0.316. The molecule has 8 heteroatoms. The van der Waals surface area contributed by atoms with Crippen LogP contribution in [0, 0.1) is 12.8 Å². The molecule has 0 aliphatic carbocycles. The number of piperidine rings is 1. The molecule has 1 aliphatic rings. The van der Waals surface area contributed by atoms with Crippen LogP contribution >= 0.6 is 0 Å². The minimum atomic E-state index is -0.00158. The van der Waals surface area contributed by atoms with Crippen molar-refractivity contribution in [2.45, 2.75) is 19.8 Å². The summed E-state index contributed by atoms with van der Waals surface area (Å²) in [5.74, 6) is 1.04. The number of rotatable bonds is 4. The molecule has 1 fully saturated rings. The SMILES string of the molecule is Cc1nc(-c2ccnc(-c3cc(NC(=O)C4CCCNC4)ccn3)c2)no1. The van der Waals surface area contributed by atoms with E-state index in [1.807, 2.05) is 18.2 Å². The minimum absolute atomic E-state index is 0.00158. The quantitative estimate of drug-likeness (QED) is 0.732. The minimum Gasteiger partial charge on any atom is -0.339 e. The molecule has 1 atom stereocenters. The van der Waals surface area contributed by atoms with Crippen molar-refractivity contribution in [3.8, 4) is 22.8 Å². The lowest BCUT2D eigenvalue weighted by Gasteiger charge is -2.21.